The summed E-state index contributed by atoms with van der Waals surface area (Å²) in [6, 6.07) is 7.65. The molecule has 106 valence electrons. The standard InChI is InChI=1S/C16H20N2O2/c1-10(12-4-2-11(9-17)3-5-12)18-15(19)13-6-7-14(8-13)16(18)20/h2-5,10,13-14H,6-9,17H2,1H3. The van der Waals surface area contributed by atoms with Crippen LogP contribution in [0.2, 0.25) is 0 Å². The predicted octanol–water partition coefficient (Wildman–Crippen LogP) is 1.99. The first-order valence-corrected chi connectivity index (χ1v) is 7.27. The number of nitrogens with two attached hydrogens (primary N) is 1. The van der Waals surface area contributed by atoms with Gasteiger partial charge in [-0.2, -0.15) is 0 Å². The summed E-state index contributed by atoms with van der Waals surface area (Å²) in [6.45, 7) is 2.43. The molecule has 20 heavy (non-hydrogen) atoms. The zero-order chi connectivity index (χ0) is 14.3. The van der Waals surface area contributed by atoms with Crippen molar-refractivity contribution in [1.82, 2.24) is 4.90 Å². The maximum atomic E-state index is 12.4. The van der Waals surface area contributed by atoms with Gasteiger partial charge in [-0.05, 0) is 37.3 Å². The van der Waals surface area contributed by atoms with Crippen molar-refractivity contribution in [2.24, 2.45) is 17.6 Å². The number of carbonyl (C=O) groups is 2. The summed E-state index contributed by atoms with van der Waals surface area (Å²) < 4.78 is 0. The normalized spacial score (nSPS) is 27.0. The van der Waals surface area contributed by atoms with Crippen LogP contribution in [0.5, 0.6) is 0 Å². The van der Waals surface area contributed by atoms with E-state index in [1.807, 2.05) is 31.2 Å². The number of hydrogen-bond donors (Lipinski definition) is 1. The average molecular weight is 272 g/mol. The van der Waals surface area contributed by atoms with E-state index < -0.39 is 0 Å². The van der Waals surface area contributed by atoms with Crippen LogP contribution >= 0.6 is 0 Å². The Hall–Kier alpha value is -1.68. The second kappa shape index (κ2) is 5.02. The van der Waals surface area contributed by atoms with Gasteiger partial charge in [0.15, 0.2) is 0 Å². The van der Waals surface area contributed by atoms with Crippen LogP contribution in [0.1, 0.15) is 43.4 Å². The van der Waals surface area contributed by atoms with Crippen LogP contribution in [0, 0.1) is 11.8 Å². The topological polar surface area (TPSA) is 63.4 Å². The van der Waals surface area contributed by atoms with Crippen molar-refractivity contribution in [3.63, 3.8) is 0 Å². The number of piperidine rings is 1. The molecule has 2 N–H and O–H groups in total. The SMILES string of the molecule is CC(c1ccc(CN)cc1)N1C(=O)C2CCC(C2)C1=O. The quantitative estimate of drug-likeness (QED) is 0.856. The van der Waals surface area contributed by atoms with Gasteiger partial charge in [0, 0.05) is 18.4 Å². The summed E-state index contributed by atoms with van der Waals surface area (Å²) in [4.78, 5) is 26.3. The number of imide groups is 1. The monoisotopic (exact) mass is 272 g/mol. The van der Waals surface area contributed by atoms with E-state index >= 15 is 0 Å². The van der Waals surface area contributed by atoms with Gasteiger partial charge >= 0.3 is 0 Å². The fourth-order valence-corrected chi connectivity index (χ4v) is 3.40. The molecule has 1 aromatic rings. The number of likely N-dealkylation sites (tertiary alicyclic amines) is 1. The number of rotatable bonds is 3. The molecule has 4 heteroatoms. The number of fused-ring (bicyclic) bond motifs is 2. The molecule has 2 bridgehead atoms. The van der Waals surface area contributed by atoms with Crippen LogP contribution in [0.4, 0.5) is 0 Å². The molecule has 2 fully saturated rings. The number of nitrogens with zero attached hydrogens (tertiary/aromatic N) is 1. The number of amides is 2. The Bertz CT molecular complexity index is 516. The second-order valence-electron chi connectivity index (χ2n) is 5.88. The summed E-state index contributed by atoms with van der Waals surface area (Å²) in [5, 5.41) is 0. The molecule has 1 saturated heterocycles. The number of benzene rings is 1. The summed E-state index contributed by atoms with van der Waals surface area (Å²) in [7, 11) is 0. The predicted molar refractivity (Wildman–Crippen MR) is 75.4 cm³/mol. The Balaban J connectivity index is 1.86. The fraction of sp³-hybridized carbons (Fsp3) is 0.500. The molecule has 1 aromatic carbocycles. The molecule has 3 atom stereocenters. The van der Waals surface area contributed by atoms with Gasteiger partial charge in [0.2, 0.25) is 11.8 Å². The molecule has 3 rings (SSSR count). The third-order valence-electron chi connectivity index (χ3n) is 4.69. The van der Waals surface area contributed by atoms with Crippen molar-refractivity contribution in [3.8, 4) is 0 Å². The highest BCUT2D eigenvalue weighted by Crippen LogP contribution is 2.41. The highest BCUT2D eigenvalue weighted by molar-refractivity contribution is 6.01. The Labute approximate surface area is 118 Å². The van der Waals surface area contributed by atoms with Crippen molar-refractivity contribution in [2.45, 2.75) is 38.8 Å². The average Bonchev–Trinajstić information content (AvgIpc) is 2.92. The van der Waals surface area contributed by atoms with Crippen molar-refractivity contribution < 1.29 is 9.59 Å². The highest BCUT2D eigenvalue weighted by Gasteiger charge is 2.46. The van der Waals surface area contributed by atoms with Gasteiger partial charge in [0.25, 0.3) is 0 Å². The van der Waals surface area contributed by atoms with E-state index in [2.05, 4.69) is 0 Å². The van der Waals surface area contributed by atoms with Crippen molar-refractivity contribution in [1.29, 1.82) is 0 Å². The molecule has 0 spiro atoms. The first-order valence-electron chi connectivity index (χ1n) is 7.27. The van der Waals surface area contributed by atoms with Crippen LogP contribution in [-0.4, -0.2) is 16.7 Å². The third kappa shape index (κ3) is 2.04. The molecule has 0 radical (unpaired) electrons. The maximum absolute atomic E-state index is 12.4. The van der Waals surface area contributed by atoms with Crippen LogP contribution in [0.25, 0.3) is 0 Å². The van der Waals surface area contributed by atoms with Crippen LogP contribution in [0.15, 0.2) is 24.3 Å². The van der Waals surface area contributed by atoms with Crippen molar-refractivity contribution in [2.75, 3.05) is 0 Å². The Kier molecular flexibility index (Phi) is 3.34. The largest absolute Gasteiger partial charge is 0.326 e. The molecule has 2 amide bonds. The zero-order valence-corrected chi connectivity index (χ0v) is 11.7. The first-order chi connectivity index (χ1) is 9.61. The Morgan fingerprint density at radius 3 is 2.20 bits per heavy atom. The van der Waals surface area contributed by atoms with Crippen LogP contribution in [0.3, 0.4) is 0 Å². The molecule has 0 aromatic heterocycles. The lowest BCUT2D eigenvalue weighted by atomic mass is 9.94. The summed E-state index contributed by atoms with van der Waals surface area (Å²) >= 11 is 0. The molecule has 1 heterocycles. The Morgan fingerprint density at radius 1 is 1.15 bits per heavy atom. The van der Waals surface area contributed by atoms with Gasteiger partial charge in [-0.3, -0.25) is 14.5 Å². The third-order valence-corrected chi connectivity index (χ3v) is 4.69. The lowest BCUT2D eigenvalue weighted by molar-refractivity contribution is -0.155. The minimum atomic E-state index is -0.190. The molecule has 1 saturated carbocycles. The molecule has 2 aliphatic rings. The molecule has 1 aliphatic heterocycles. The second-order valence-corrected chi connectivity index (χ2v) is 5.88. The lowest BCUT2D eigenvalue weighted by Crippen LogP contribution is -2.47. The van der Waals surface area contributed by atoms with E-state index in [4.69, 9.17) is 5.73 Å². The van der Waals surface area contributed by atoms with E-state index in [1.54, 1.807) is 0 Å². The minimum Gasteiger partial charge on any atom is -0.326 e. The summed E-state index contributed by atoms with van der Waals surface area (Å²) in [5.74, 6) is 0.144. The molecule has 3 unspecified atom stereocenters. The first kappa shape index (κ1) is 13.3. The van der Waals surface area contributed by atoms with Gasteiger partial charge in [-0.15, -0.1) is 0 Å². The van der Waals surface area contributed by atoms with Gasteiger partial charge in [-0.25, -0.2) is 0 Å². The molecule has 4 nitrogen and oxygen atoms in total. The van der Waals surface area contributed by atoms with E-state index in [0.29, 0.717) is 6.54 Å². The van der Waals surface area contributed by atoms with Crippen LogP contribution in [-0.2, 0) is 16.1 Å². The minimum absolute atomic E-state index is 0.0131. The van der Waals surface area contributed by atoms with E-state index in [1.165, 1.54) is 4.90 Å². The zero-order valence-electron chi connectivity index (χ0n) is 11.7. The molecular formula is C16H20N2O2. The van der Waals surface area contributed by atoms with Crippen molar-refractivity contribution in [3.05, 3.63) is 35.4 Å². The van der Waals surface area contributed by atoms with E-state index in [9.17, 15) is 9.59 Å². The molecule has 1 aliphatic carbocycles. The smallest absolute Gasteiger partial charge is 0.232 e. The fourth-order valence-electron chi connectivity index (χ4n) is 3.40. The van der Waals surface area contributed by atoms with Crippen molar-refractivity contribution >= 4 is 11.8 Å². The van der Waals surface area contributed by atoms with Gasteiger partial charge in [0.1, 0.15) is 0 Å². The highest BCUT2D eigenvalue weighted by atomic mass is 16.2. The Morgan fingerprint density at radius 2 is 1.70 bits per heavy atom. The van der Waals surface area contributed by atoms with Gasteiger partial charge < -0.3 is 5.73 Å². The summed E-state index contributed by atoms with van der Waals surface area (Å²) in [6.07, 6.45) is 2.49. The lowest BCUT2D eigenvalue weighted by Gasteiger charge is -2.34. The molecular weight excluding hydrogens is 252 g/mol. The van der Waals surface area contributed by atoms with Gasteiger partial charge in [-0.1, -0.05) is 24.3 Å². The van der Waals surface area contributed by atoms with E-state index in [-0.39, 0.29) is 29.7 Å². The number of hydrogen-bond acceptors (Lipinski definition) is 3. The van der Waals surface area contributed by atoms with E-state index in [0.717, 1.165) is 30.4 Å². The van der Waals surface area contributed by atoms with Crippen LogP contribution < -0.4 is 5.73 Å². The number of carbonyl (C=O) groups excluding carboxylic acids is 2. The summed E-state index contributed by atoms with van der Waals surface area (Å²) in [5.41, 5.74) is 7.63. The maximum Gasteiger partial charge on any atom is 0.232 e. The van der Waals surface area contributed by atoms with Gasteiger partial charge in [0.05, 0.1) is 6.04 Å².